The van der Waals surface area contributed by atoms with Crippen molar-refractivity contribution in [2.45, 2.75) is 12.5 Å². The molecule has 4 nitrogen and oxygen atoms in total. The van der Waals surface area contributed by atoms with Crippen molar-refractivity contribution in [2.24, 2.45) is 5.84 Å². The van der Waals surface area contributed by atoms with Crippen LogP contribution in [0.15, 0.2) is 34.4 Å². The van der Waals surface area contributed by atoms with Crippen LogP contribution in [0.5, 0.6) is 0 Å². The van der Waals surface area contributed by atoms with Gasteiger partial charge < -0.3 is 0 Å². The van der Waals surface area contributed by atoms with E-state index < -0.39 is 17.7 Å². The molecule has 3 rings (SSSR count). The third-order valence-electron chi connectivity index (χ3n) is 3.15. The predicted molar refractivity (Wildman–Crippen MR) is 80.9 cm³/mol. The van der Waals surface area contributed by atoms with Gasteiger partial charge in [0, 0.05) is 34.2 Å². The molecule has 0 radical (unpaired) electrons. The fourth-order valence-corrected chi connectivity index (χ4v) is 3.34. The number of hydrazine groups is 1. The second-order valence-corrected chi connectivity index (χ2v) is 6.32. The Morgan fingerprint density at radius 1 is 1.38 bits per heavy atom. The predicted octanol–water partition coefficient (Wildman–Crippen LogP) is 3.18. The lowest BCUT2D eigenvalue weighted by atomic mass is 10.0. The summed E-state index contributed by atoms with van der Waals surface area (Å²) in [5.74, 6) is 4.18. The summed E-state index contributed by atoms with van der Waals surface area (Å²) < 4.78 is 30.2. The summed E-state index contributed by atoms with van der Waals surface area (Å²) in [6.45, 7) is 0. The minimum absolute atomic E-state index is 0.0861. The van der Waals surface area contributed by atoms with Crippen LogP contribution in [0.4, 0.5) is 8.78 Å². The second-order valence-electron chi connectivity index (χ2n) is 4.53. The third-order valence-corrected chi connectivity index (χ3v) is 4.38. The summed E-state index contributed by atoms with van der Waals surface area (Å²) in [7, 11) is 0. The largest absolute Gasteiger partial charge is 0.297 e. The van der Waals surface area contributed by atoms with Gasteiger partial charge in [-0.1, -0.05) is 15.9 Å². The Labute approximate surface area is 131 Å². The van der Waals surface area contributed by atoms with Gasteiger partial charge in [-0.2, -0.15) is 0 Å². The number of hydrogen-bond donors (Lipinski definition) is 2. The molecular weight excluding hydrogens is 362 g/mol. The quantitative estimate of drug-likeness (QED) is 0.546. The van der Waals surface area contributed by atoms with E-state index in [-0.39, 0.29) is 5.56 Å². The SMILES string of the molecule is NNC(Cc1cn2ccsc2n1)c1c(F)cc(Br)cc1F. The van der Waals surface area contributed by atoms with E-state index in [0.29, 0.717) is 16.6 Å². The van der Waals surface area contributed by atoms with E-state index in [0.717, 1.165) is 4.96 Å². The zero-order valence-electron chi connectivity index (χ0n) is 10.7. The highest BCUT2D eigenvalue weighted by atomic mass is 79.9. The van der Waals surface area contributed by atoms with Crippen molar-refractivity contribution in [3.63, 3.8) is 0 Å². The number of nitrogens with one attached hydrogen (secondary N) is 1. The number of hydrogen-bond acceptors (Lipinski definition) is 4. The molecule has 0 bridgehead atoms. The van der Waals surface area contributed by atoms with Crippen LogP contribution < -0.4 is 11.3 Å². The Morgan fingerprint density at radius 3 is 2.71 bits per heavy atom. The van der Waals surface area contributed by atoms with Gasteiger partial charge >= 0.3 is 0 Å². The number of imidazole rings is 1. The average molecular weight is 373 g/mol. The van der Waals surface area contributed by atoms with Crippen molar-refractivity contribution in [1.82, 2.24) is 14.8 Å². The molecule has 0 amide bonds. The molecule has 3 N–H and O–H groups in total. The molecule has 1 aromatic carbocycles. The van der Waals surface area contributed by atoms with Crippen molar-refractivity contribution in [1.29, 1.82) is 0 Å². The van der Waals surface area contributed by atoms with Crippen LogP contribution in [-0.2, 0) is 6.42 Å². The van der Waals surface area contributed by atoms with Crippen LogP contribution in [0.1, 0.15) is 17.3 Å². The second kappa shape index (κ2) is 5.80. The lowest BCUT2D eigenvalue weighted by Gasteiger charge is -2.17. The topological polar surface area (TPSA) is 55.3 Å². The minimum Gasteiger partial charge on any atom is -0.297 e. The van der Waals surface area contributed by atoms with E-state index in [2.05, 4.69) is 26.3 Å². The summed E-state index contributed by atoms with van der Waals surface area (Å²) in [6, 6.07) is 1.74. The summed E-state index contributed by atoms with van der Waals surface area (Å²) in [4.78, 5) is 5.23. The number of benzene rings is 1. The first kappa shape index (κ1) is 14.6. The maximum absolute atomic E-state index is 14.0. The van der Waals surface area contributed by atoms with Crippen molar-refractivity contribution < 1.29 is 8.78 Å². The molecule has 0 spiro atoms. The number of halogens is 3. The van der Waals surface area contributed by atoms with E-state index in [1.54, 1.807) is 0 Å². The number of nitrogens with two attached hydrogens (primary N) is 1. The molecule has 110 valence electrons. The summed E-state index contributed by atoms with van der Waals surface area (Å²) in [5.41, 5.74) is 3.09. The van der Waals surface area contributed by atoms with Gasteiger partial charge in [-0.3, -0.25) is 15.7 Å². The lowest BCUT2D eigenvalue weighted by molar-refractivity contribution is 0.470. The summed E-state index contributed by atoms with van der Waals surface area (Å²) in [6.07, 6.45) is 3.99. The van der Waals surface area contributed by atoms with Crippen LogP contribution in [0.25, 0.3) is 4.96 Å². The van der Waals surface area contributed by atoms with E-state index >= 15 is 0 Å². The molecule has 2 heterocycles. The standard InChI is InChI=1S/C13H11BrF2N4S/c14-7-3-9(15)12(10(16)4-7)11(19-17)5-8-6-20-1-2-21-13(20)18-8/h1-4,6,11,19H,5,17H2. The van der Waals surface area contributed by atoms with Gasteiger partial charge in [-0.25, -0.2) is 13.8 Å². The van der Waals surface area contributed by atoms with Crippen molar-refractivity contribution in [2.75, 3.05) is 0 Å². The van der Waals surface area contributed by atoms with Crippen molar-refractivity contribution in [3.8, 4) is 0 Å². The smallest absolute Gasteiger partial charge is 0.193 e. The fraction of sp³-hybridized carbons (Fsp3) is 0.154. The Balaban J connectivity index is 1.93. The maximum atomic E-state index is 14.0. The van der Waals surface area contributed by atoms with Crippen LogP contribution in [0, 0.1) is 11.6 Å². The number of fused-ring (bicyclic) bond motifs is 1. The van der Waals surface area contributed by atoms with Crippen LogP contribution in [0.2, 0.25) is 0 Å². The molecule has 21 heavy (non-hydrogen) atoms. The minimum atomic E-state index is -0.692. The highest BCUT2D eigenvalue weighted by Gasteiger charge is 2.21. The van der Waals surface area contributed by atoms with E-state index in [1.165, 1.54) is 23.5 Å². The molecule has 0 aliphatic carbocycles. The van der Waals surface area contributed by atoms with Gasteiger partial charge in [0.2, 0.25) is 0 Å². The van der Waals surface area contributed by atoms with Crippen LogP contribution in [-0.4, -0.2) is 9.38 Å². The highest BCUT2D eigenvalue weighted by Crippen LogP contribution is 2.27. The summed E-state index contributed by atoms with van der Waals surface area (Å²) >= 11 is 4.55. The first-order valence-electron chi connectivity index (χ1n) is 6.10. The van der Waals surface area contributed by atoms with Gasteiger partial charge in [-0.05, 0) is 12.1 Å². The van der Waals surface area contributed by atoms with Crippen LogP contribution in [0.3, 0.4) is 0 Å². The number of aromatic nitrogens is 2. The molecular formula is C13H11BrF2N4S. The summed E-state index contributed by atoms with van der Waals surface area (Å²) in [5, 5.41) is 1.92. The van der Waals surface area contributed by atoms with Gasteiger partial charge in [-0.15, -0.1) is 11.3 Å². The van der Waals surface area contributed by atoms with E-state index in [1.807, 2.05) is 22.2 Å². The number of rotatable bonds is 4. The maximum Gasteiger partial charge on any atom is 0.193 e. The molecule has 0 aliphatic heterocycles. The zero-order valence-corrected chi connectivity index (χ0v) is 13.1. The van der Waals surface area contributed by atoms with Gasteiger partial charge in [0.05, 0.1) is 11.7 Å². The average Bonchev–Trinajstić information content (AvgIpc) is 2.96. The molecule has 0 aliphatic rings. The van der Waals surface area contributed by atoms with Gasteiger partial charge in [0.1, 0.15) is 11.6 Å². The molecule has 0 saturated carbocycles. The van der Waals surface area contributed by atoms with E-state index in [4.69, 9.17) is 5.84 Å². The molecule has 1 atom stereocenters. The molecule has 8 heteroatoms. The molecule has 1 unspecified atom stereocenters. The number of nitrogens with zero attached hydrogens (tertiary/aromatic N) is 2. The van der Waals surface area contributed by atoms with Crippen molar-refractivity contribution in [3.05, 3.63) is 57.3 Å². The monoisotopic (exact) mass is 372 g/mol. The zero-order chi connectivity index (χ0) is 15.0. The van der Waals surface area contributed by atoms with E-state index in [9.17, 15) is 8.78 Å². The third kappa shape index (κ3) is 2.84. The Bertz CT molecular complexity index is 734. The Hall–Kier alpha value is -1.35. The van der Waals surface area contributed by atoms with Gasteiger partial charge in [0.25, 0.3) is 0 Å². The van der Waals surface area contributed by atoms with Crippen molar-refractivity contribution >= 4 is 32.2 Å². The van der Waals surface area contributed by atoms with Gasteiger partial charge in [0.15, 0.2) is 4.96 Å². The molecule has 3 aromatic rings. The Morgan fingerprint density at radius 2 is 2.10 bits per heavy atom. The highest BCUT2D eigenvalue weighted by molar-refractivity contribution is 9.10. The fourth-order valence-electron chi connectivity index (χ4n) is 2.21. The lowest BCUT2D eigenvalue weighted by Crippen LogP contribution is -2.31. The molecule has 2 aromatic heterocycles. The normalized spacial score (nSPS) is 13.0. The van der Waals surface area contributed by atoms with Crippen LogP contribution >= 0.6 is 27.3 Å². The molecule has 0 saturated heterocycles. The first-order chi connectivity index (χ1) is 10.1. The molecule has 0 fully saturated rings. The first-order valence-corrected chi connectivity index (χ1v) is 7.77. The Kier molecular flexibility index (Phi) is 4.03. The number of thiazole rings is 1.